The number of fused-ring (bicyclic) bond motifs is 2. The van der Waals surface area contributed by atoms with Gasteiger partial charge in [-0.2, -0.15) is 0 Å². The molecule has 2 heterocycles. The number of carbonyl (C=O) groups excluding carboxylic acids is 2. The van der Waals surface area contributed by atoms with Crippen LogP contribution in [0.15, 0.2) is 48.7 Å². The average Bonchev–Trinajstić information content (AvgIpc) is 3.47. The van der Waals surface area contributed by atoms with Gasteiger partial charge in [-0.25, -0.2) is 4.79 Å². The van der Waals surface area contributed by atoms with Crippen molar-refractivity contribution in [3.05, 3.63) is 64.9 Å². The van der Waals surface area contributed by atoms with E-state index in [4.69, 9.17) is 21.1 Å². The van der Waals surface area contributed by atoms with E-state index < -0.39 is 5.97 Å². The number of ether oxygens (including phenoxy) is 2. The Bertz CT molecular complexity index is 1360. The van der Waals surface area contributed by atoms with Crippen LogP contribution >= 0.6 is 11.6 Å². The molecule has 0 aliphatic carbocycles. The number of esters is 2. The van der Waals surface area contributed by atoms with E-state index in [0.717, 1.165) is 40.6 Å². The van der Waals surface area contributed by atoms with Crippen molar-refractivity contribution in [3.63, 3.8) is 0 Å². The topological polar surface area (TPSA) is 74.5 Å². The molecule has 8 heteroatoms. The summed E-state index contributed by atoms with van der Waals surface area (Å²) in [6.45, 7) is 11.0. The number of rotatable bonds is 9. The molecular weight excluding hydrogens is 502 g/mol. The van der Waals surface area contributed by atoms with Crippen molar-refractivity contribution < 1.29 is 19.1 Å². The second-order valence-corrected chi connectivity index (χ2v) is 8.56. The fourth-order valence-electron chi connectivity index (χ4n) is 4.16. The number of carbonyl (C=O) groups is 2. The van der Waals surface area contributed by atoms with Crippen LogP contribution in [0.3, 0.4) is 0 Å². The quantitative estimate of drug-likeness (QED) is 0.174. The third-order valence-electron chi connectivity index (χ3n) is 5.98. The van der Waals surface area contributed by atoms with Gasteiger partial charge in [0.2, 0.25) is 0 Å². The molecule has 4 aromatic rings. The van der Waals surface area contributed by atoms with Crippen molar-refractivity contribution in [1.82, 2.24) is 9.13 Å². The Kier molecular flexibility index (Phi) is 12.2. The Hall–Kier alpha value is -3.45. The summed E-state index contributed by atoms with van der Waals surface area (Å²) in [6.07, 6.45) is 3.73. The Morgan fingerprint density at radius 1 is 1.03 bits per heavy atom. The minimum atomic E-state index is -0.429. The van der Waals surface area contributed by atoms with Gasteiger partial charge >= 0.3 is 11.9 Å². The number of anilines is 1. The van der Waals surface area contributed by atoms with Gasteiger partial charge in [-0.15, -0.1) is 0 Å². The predicted molar refractivity (Wildman–Crippen MR) is 157 cm³/mol. The van der Waals surface area contributed by atoms with Gasteiger partial charge in [0, 0.05) is 24.3 Å². The van der Waals surface area contributed by atoms with Crippen molar-refractivity contribution in [3.8, 4) is 0 Å². The number of nitrogens with zero attached hydrogens (tertiary/aromatic N) is 2. The molecule has 1 N–H and O–H groups in total. The van der Waals surface area contributed by atoms with E-state index in [1.807, 2.05) is 86.5 Å². The first-order valence-electron chi connectivity index (χ1n) is 13.3. The molecular formula is C30H40ClN3O4. The Morgan fingerprint density at radius 3 is 2.45 bits per heavy atom. The number of benzene rings is 2. The molecule has 206 valence electrons. The number of methoxy groups -OCH3 is 1. The third-order valence-corrected chi connectivity index (χ3v) is 6.30. The van der Waals surface area contributed by atoms with Crippen LogP contribution in [0.1, 0.15) is 63.5 Å². The summed E-state index contributed by atoms with van der Waals surface area (Å²) in [5, 5.41) is 5.62. The van der Waals surface area contributed by atoms with E-state index in [-0.39, 0.29) is 12.5 Å². The number of halogens is 1. The maximum atomic E-state index is 12.6. The molecule has 0 atom stereocenters. The zero-order chi connectivity index (χ0) is 28.2. The molecule has 0 amide bonds. The lowest BCUT2D eigenvalue weighted by atomic mass is 10.1. The molecule has 38 heavy (non-hydrogen) atoms. The Labute approximate surface area is 230 Å². The van der Waals surface area contributed by atoms with Gasteiger partial charge < -0.3 is 23.9 Å². The lowest BCUT2D eigenvalue weighted by Crippen LogP contribution is -2.13. The lowest BCUT2D eigenvalue weighted by molar-refractivity contribution is -0.144. The third kappa shape index (κ3) is 6.90. The smallest absolute Gasteiger partial charge is 0.340 e. The van der Waals surface area contributed by atoms with Gasteiger partial charge in [-0.3, -0.25) is 4.79 Å². The molecule has 2 aromatic heterocycles. The summed E-state index contributed by atoms with van der Waals surface area (Å²) in [7, 11) is 3.27. The summed E-state index contributed by atoms with van der Waals surface area (Å²) in [5.41, 5.74) is 3.86. The fourth-order valence-corrected chi connectivity index (χ4v) is 4.42. The SMILES string of the molecule is CC.CC.CCCCOC(=O)Cn1ccc2ccc(NCc3c(C(=O)OC)c4c(Cl)cccc4n3C)cc21. The van der Waals surface area contributed by atoms with Crippen molar-refractivity contribution in [2.75, 3.05) is 19.0 Å². The summed E-state index contributed by atoms with van der Waals surface area (Å²) in [4.78, 5) is 24.8. The van der Waals surface area contributed by atoms with E-state index in [1.54, 1.807) is 6.07 Å². The van der Waals surface area contributed by atoms with Gasteiger partial charge in [-0.05, 0) is 42.1 Å². The van der Waals surface area contributed by atoms with Gasteiger partial charge in [0.05, 0.1) is 47.6 Å². The van der Waals surface area contributed by atoms with Crippen LogP contribution in [0.4, 0.5) is 5.69 Å². The molecule has 0 spiro atoms. The fraction of sp³-hybridized carbons (Fsp3) is 0.400. The van der Waals surface area contributed by atoms with Crippen LogP contribution in [0.25, 0.3) is 21.8 Å². The van der Waals surface area contributed by atoms with E-state index in [0.29, 0.717) is 29.1 Å². The number of nitrogens with one attached hydrogen (secondary N) is 1. The molecule has 0 fully saturated rings. The first-order chi connectivity index (χ1) is 18.4. The van der Waals surface area contributed by atoms with Gasteiger partial charge in [0.1, 0.15) is 6.54 Å². The highest BCUT2D eigenvalue weighted by Gasteiger charge is 2.23. The highest BCUT2D eigenvalue weighted by molar-refractivity contribution is 6.36. The zero-order valence-corrected chi connectivity index (χ0v) is 24.3. The lowest BCUT2D eigenvalue weighted by Gasteiger charge is -2.11. The number of hydrogen-bond acceptors (Lipinski definition) is 5. The largest absolute Gasteiger partial charge is 0.465 e. The van der Waals surface area contributed by atoms with E-state index in [9.17, 15) is 9.59 Å². The maximum Gasteiger partial charge on any atom is 0.340 e. The normalized spacial score (nSPS) is 10.3. The Morgan fingerprint density at radius 2 is 1.76 bits per heavy atom. The van der Waals surface area contributed by atoms with E-state index in [1.165, 1.54) is 7.11 Å². The predicted octanol–water partition coefficient (Wildman–Crippen LogP) is 7.58. The molecule has 4 rings (SSSR count). The molecule has 0 aliphatic rings. The Balaban J connectivity index is 0.00000121. The van der Waals surface area contributed by atoms with E-state index in [2.05, 4.69) is 12.2 Å². The summed E-state index contributed by atoms with van der Waals surface area (Å²) in [5.74, 6) is -0.680. The summed E-state index contributed by atoms with van der Waals surface area (Å²) in [6, 6.07) is 13.5. The van der Waals surface area contributed by atoms with Crippen LogP contribution in [-0.4, -0.2) is 34.8 Å². The molecule has 2 aromatic carbocycles. The second-order valence-electron chi connectivity index (χ2n) is 8.15. The maximum absolute atomic E-state index is 12.6. The van der Waals surface area contributed by atoms with E-state index >= 15 is 0 Å². The highest BCUT2D eigenvalue weighted by Crippen LogP contribution is 2.32. The number of unbranched alkanes of at least 4 members (excludes halogenated alkanes) is 1. The molecule has 0 bridgehead atoms. The standard InChI is InChI=1S/C26H28ClN3O4.2C2H6/c1-4-5-13-34-23(31)16-30-12-11-17-9-10-18(14-21(17)30)28-15-22-25(26(32)33-3)24-19(27)7-6-8-20(24)29(22)2;2*1-2/h6-12,14,28H,4-5,13,15-16H2,1-3H3;2*1-2H3. The van der Waals surface area contributed by atoms with Crippen LogP contribution in [-0.2, 0) is 34.4 Å². The average molecular weight is 542 g/mol. The molecule has 0 unspecified atom stereocenters. The number of aromatic nitrogens is 2. The van der Waals surface area contributed by atoms with Crippen molar-refractivity contribution in [2.24, 2.45) is 7.05 Å². The van der Waals surface area contributed by atoms with Crippen LogP contribution < -0.4 is 5.32 Å². The van der Waals surface area contributed by atoms with Crippen LogP contribution in [0.2, 0.25) is 5.02 Å². The summed E-state index contributed by atoms with van der Waals surface area (Å²) >= 11 is 6.44. The molecule has 0 saturated carbocycles. The first kappa shape index (κ1) is 30.8. The van der Waals surface area contributed by atoms with Crippen LogP contribution in [0, 0.1) is 0 Å². The second kappa shape index (κ2) is 15.1. The molecule has 0 aliphatic heterocycles. The minimum Gasteiger partial charge on any atom is -0.465 e. The molecule has 0 saturated heterocycles. The van der Waals surface area contributed by atoms with Crippen molar-refractivity contribution in [1.29, 1.82) is 0 Å². The number of hydrogen-bond donors (Lipinski definition) is 1. The van der Waals surface area contributed by atoms with Crippen LogP contribution in [0.5, 0.6) is 0 Å². The first-order valence-corrected chi connectivity index (χ1v) is 13.6. The van der Waals surface area contributed by atoms with Crippen molar-refractivity contribution >= 4 is 51.0 Å². The zero-order valence-electron chi connectivity index (χ0n) is 23.6. The van der Waals surface area contributed by atoms with Gasteiger partial charge in [0.15, 0.2) is 0 Å². The minimum absolute atomic E-state index is 0.158. The van der Waals surface area contributed by atoms with Crippen molar-refractivity contribution in [2.45, 2.75) is 60.5 Å². The molecule has 7 nitrogen and oxygen atoms in total. The summed E-state index contributed by atoms with van der Waals surface area (Å²) < 4.78 is 14.2. The monoisotopic (exact) mass is 541 g/mol. The highest BCUT2D eigenvalue weighted by atomic mass is 35.5. The molecule has 0 radical (unpaired) electrons. The number of aryl methyl sites for hydroxylation is 1. The van der Waals surface area contributed by atoms with Gasteiger partial charge in [-0.1, -0.05) is 64.8 Å². The van der Waals surface area contributed by atoms with Gasteiger partial charge in [0.25, 0.3) is 0 Å².